The van der Waals surface area contributed by atoms with Crippen molar-refractivity contribution in [1.82, 2.24) is 24.8 Å². The van der Waals surface area contributed by atoms with E-state index in [0.717, 1.165) is 30.6 Å². The van der Waals surface area contributed by atoms with E-state index < -0.39 is 0 Å². The zero-order chi connectivity index (χ0) is 25.2. The van der Waals surface area contributed by atoms with Gasteiger partial charge in [-0.3, -0.25) is 9.36 Å². The van der Waals surface area contributed by atoms with Gasteiger partial charge in [0.15, 0.2) is 5.65 Å². The van der Waals surface area contributed by atoms with E-state index in [1.165, 1.54) is 41.9 Å². The zero-order valence-electron chi connectivity index (χ0n) is 20.5. The molecule has 2 aromatic carbocycles. The normalized spacial score (nSPS) is 16.1. The second-order valence-corrected chi connectivity index (χ2v) is 9.65. The Bertz CT molecular complexity index is 1440. The summed E-state index contributed by atoms with van der Waals surface area (Å²) in [6.07, 6.45) is 6.62. The van der Waals surface area contributed by atoms with Crippen LogP contribution in [0.5, 0.6) is 5.75 Å². The van der Waals surface area contributed by atoms with Crippen LogP contribution < -0.4 is 10.9 Å². The Morgan fingerprint density at radius 2 is 2.06 bits per heavy atom. The van der Waals surface area contributed by atoms with Crippen molar-refractivity contribution in [1.29, 1.82) is 0 Å². The molecule has 0 radical (unpaired) electrons. The maximum absolute atomic E-state index is 14.4. The minimum absolute atomic E-state index is 0.0570. The molecule has 0 bridgehead atoms. The molecule has 3 heterocycles. The van der Waals surface area contributed by atoms with E-state index in [0.29, 0.717) is 40.4 Å². The maximum Gasteiger partial charge on any atom is 0.267 e. The molecule has 0 spiro atoms. The number of phenolic OH excluding ortho intramolecular Hbond substituents is 1. The molecule has 0 aliphatic carbocycles. The molecule has 5 rings (SSSR count). The lowest BCUT2D eigenvalue weighted by Crippen LogP contribution is -2.42. The van der Waals surface area contributed by atoms with Gasteiger partial charge in [-0.25, -0.2) is 14.4 Å². The van der Waals surface area contributed by atoms with Gasteiger partial charge in [-0.15, -0.1) is 0 Å². The molecule has 186 valence electrons. The first-order valence-electron chi connectivity index (χ1n) is 12.3. The van der Waals surface area contributed by atoms with Gasteiger partial charge in [-0.2, -0.15) is 0 Å². The average Bonchev–Trinajstić information content (AvgIpc) is 2.84. The summed E-state index contributed by atoms with van der Waals surface area (Å²) in [7, 11) is 2.04. The van der Waals surface area contributed by atoms with Gasteiger partial charge in [0, 0.05) is 37.0 Å². The predicted octanol–water partition coefficient (Wildman–Crippen LogP) is 4.17. The van der Waals surface area contributed by atoms with Crippen molar-refractivity contribution in [3.63, 3.8) is 0 Å². The van der Waals surface area contributed by atoms with E-state index >= 15 is 0 Å². The van der Waals surface area contributed by atoms with Gasteiger partial charge >= 0.3 is 0 Å². The maximum atomic E-state index is 14.4. The van der Waals surface area contributed by atoms with Gasteiger partial charge in [-0.1, -0.05) is 18.6 Å². The molecule has 0 saturated carbocycles. The standard InChI is InChI=1S/C28H30FN5O2/c1-18-10-19(12-20(29)11-18)24-14-31-27-26(25(24)16-33(2)15-21-6-3-4-9-30-21)28(36)34(17-32-27)22-7-5-8-23(35)13-22/h5,7-8,10-14,17,21,30,35H,3-4,6,9,15-16H2,1-2H3. The van der Waals surface area contributed by atoms with Crippen molar-refractivity contribution < 1.29 is 9.50 Å². The lowest BCUT2D eigenvalue weighted by molar-refractivity contribution is 0.257. The van der Waals surface area contributed by atoms with Crippen molar-refractivity contribution in [2.75, 3.05) is 20.1 Å². The first-order chi connectivity index (χ1) is 17.4. The summed E-state index contributed by atoms with van der Waals surface area (Å²) in [6.45, 7) is 4.16. The predicted molar refractivity (Wildman–Crippen MR) is 139 cm³/mol. The van der Waals surface area contributed by atoms with E-state index in [9.17, 15) is 14.3 Å². The van der Waals surface area contributed by atoms with Gasteiger partial charge in [-0.05, 0) is 74.3 Å². The highest BCUT2D eigenvalue weighted by atomic mass is 19.1. The number of aryl methyl sites for hydroxylation is 1. The fraction of sp³-hybridized carbons (Fsp3) is 0.321. The molecule has 2 N–H and O–H groups in total. The van der Waals surface area contributed by atoms with Crippen LogP contribution in [0.1, 0.15) is 30.4 Å². The minimum Gasteiger partial charge on any atom is -0.508 e. The number of nitrogens with zero attached hydrogens (tertiary/aromatic N) is 4. The van der Waals surface area contributed by atoms with E-state index in [4.69, 9.17) is 0 Å². The molecule has 1 aliphatic rings. The molecule has 1 aliphatic heterocycles. The van der Waals surface area contributed by atoms with Gasteiger partial charge in [0.1, 0.15) is 17.9 Å². The first kappa shape index (κ1) is 24.1. The summed E-state index contributed by atoms with van der Waals surface area (Å²) in [5.41, 5.74) is 3.50. The van der Waals surface area contributed by atoms with Crippen molar-refractivity contribution in [2.45, 2.75) is 38.8 Å². The Hall–Kier alpha value is -3.62. The Labute approximate surface area is 209 Å². The van der Waals surface area contributed by atoms with Crippen LogP contribution in [0.3, 0.4) is 0 Å². The minimum atomic E-state index is -0.334. The van der Waals surface area contributed by atoms with Crippen LogP contribution >= 0.6 is 0 Å². The second kappa shape index (κ2) is 10.2. The average molecular weight is 488 g/mol. The quantitative estimate of drug-likeness (QED) is 0.425. The molecule has 1 unspecified atom stereocenters. The van der Waals surface area contributed by atoms with Crippen LogP contribution in [0.15, 0.2) is 59.8 Å². The van der Waals surface area contributed by atoms with E-state index in [-0.39, 0.29) is 17.1 Å². The fourth-order valence-corrected chi connectivity index (χ4v) is 5.07. The number of fused-ring (bicyclic) bond motifs is 1. The van der Waals surface area contributed by atoms with Crippen molar-refractivity contribution in [3.8, 4) is 22.6 Å². The Morgan fingerprint density at radius 3 is 2.81 bits per heavy atom. The molecule has 36 heavy (non-hydrogen) atoms. The van der Waals surface area contributed by atoms with Crippen LogP contribution in [0.25, 0.3) is 27.8 Å². The monoisotopic (exact) mass is 487 g/mol. The smallest absolute Gasteiger partial charge is 0.267 e. The van der Waals surface area contributed by atoms with E-state index in [1.54, 1.807) is 24.4 Å². The first-order valence-corrected chi connectivity index (χ1v) is 12.3. The summed E-state index contributed by atoms with van der Waals surface area (Å²) in [5, 5.41) is 13.9. The molecule has 1 saturated heterocycles. The zero-order valence-corrected chi connectivity index (χ0v) is 20.5. The largest absolute Gasteiger partial charge is 0.508 e. The third-order valence-electron chi connectivity index (χ3n) is 6.73. The number of likely N-dealkylation sites (N-methyl/N-ethyl adjacent to an activating group) is 1. The molecule has 1 atom stereocenters. The molecule has 4 aromatic rings. The Morgan fingerprint density at radius 1 is 1.19 bits per heavy atom. The molecule has 7 nitrogen and oxygen atoms in total. The molecular weight excluding hydrogens is 457 g/mol. The number of halogens is 1. The van der Waals surface area contributed by atoms with Crippen molar-refractivity contribution in [2.24, 2.45) is 0 Å². The number of hydrogen-bond donors (Lipinski definition) is 2. The summed E-state index contributed by atoms with van der Waals surface area (Å²) in [4.78, 5) is 25.0. The topological polar surface area (TPSA) is 83.3 Å². The highest BCUT2D eigenvalue weighted by Gasteiger charge is 2.21. The van der Waals surface area contributed by atoms with Crippen LogP contribution in [0.4, 0.5) is 4.39 Å². The van der Waals surface area contributed by atoms with E-state index in [2.05, 4.69) is 20.2 Å². The van der Waals surface area contributed by atoms with Gasteiger partial charge in [0.05, 0.1) is 11.1 Å². The fourth-order valence-electron chi connectivity index (χ4n) is 5.07. The SMILES string of the molecule is Cc1cc(F)cc(-c2cnc3ncn(-c4cccc(O)c4)c(=O)c3c2CN(C)CC2CCCCN2)c1. The van der Waals surface area contributed by atoms with Gasteiger partial charge in [0.25, 0.3) is 5.56 Å². The number of aromatic nitrogens is 3. The summed E-state index contributed by atoms with van der Waals surface area (Å²) in [6, 6.07) is 11.7. The molecular formula is C28H30FN5O2. The number of aromatic hydroxyl groups is 1. The summed E-state index contributed by atoms with van der Waals surface area (Å²) >= 11 is 0. The van der Waals surface area contributed by atoms with Gasteiger partial charge in [0.2, 0.25) is 0 Å². The van der Waals surface area contributed by atoms with Crippen LogP contribution in [-0.4, -0.2) is 50.7 Å². The Kier molecular flexibility index (Phi) is 6.80. The number of rotatable bonds is 6. The number of nitrogens with one attached hydrogen (secondary N) is 1. The Balaban J connectivity index is 1.67. The highest BCUT2D eigenvalue weighted by molar-refractivity contribution is 5.86. The van der Waals surface area contributed by atoms with Crippen LogP contribution in [0, 0.1) is 12.7 Å². The third-order valence-corrected chi connectivity index (χ3v) is 6.73. The number of piperidine rings is 1. The second-order valence-electron chi connectivity index (χ2n) is 9.65. The van der Waals surface area contributed by atoms with Crippen LogP contribution in [-0.2, 0) is 6.54 Å². The number of benzene rings is 2. The summed E-state index contributed by atoms with van der Waals surface area (Å²) in [5.74, 6) is -0.277. The molecule has 8 heteroatoms. The molecule has 1 fully saturated rings. The third kappa shape index (κ3) is 5.01. The highest BCUT2D eigenvalue weighted by Crippen LogP contribution is 2.30. The lowest BCUT2D eigenvalue weighted by atomic mass is 9.97. The number of pyridine rings is 1. The van der Waals surface area contributed by atoms with Crippen molar-refractivity contribution >= 4 is 11.0 Å². The van der Waals surface area contributed by atoms with Crippen molar-refractivity contribution in [3.05, 3.63) is 82.3 Å². The number of phenols is 1. The van der Waals surface area contributed by atoms with Crippen LogP contribution in [0.2, 0.25) is 0 Å². The van der Waals surface area contributed by atoms with E-state index in [1.807, 2.05) is 20.0 Å². The van der Waals surface area contributed by atoms with Gasteiger partial charge < -0.3 is 15.3 Å². The molecule has 2 aromatic heterocycles. The molecule has 0 amide bonds. The lowest BCUT2D eigenvalue weighted by Gasteiger charge is -2.29. The number of hydrogen-bond acceptors (Lipinski definition) is 6. The summed E-state index contributed by atoms with van der Waals surface area (Å²) < 4.78 is 15.8.